The van der Waals surface area contributed by atoms with Crippen LogP contribution in [0.5, 0.6) is 5.75 Å². The number of para-hydroxylation sites is 1. The molecule has 2 heterocycles. The summed E-state index contributed by atoms with van der Waals surface area (Å²) in [6.45, 7) is 1.98. The smallest absolute Gasteiger partial charge is 0.328 e. The van der Waals surface area contributed by atoms with Crippen LogP contribution in [0.2, 0.25) is 0 Å². The van der Waals surface area contributed by atoms with Crippen LogP contribution in [0.3, 0.4) is 0 Å². The molecule has 8 heteroatoms. The minimum atomic E-state index is -1.12. The number of nitrogens with zero attached hydrogens (tertiary/aromatic N) is 1. The number of carbonyl (C=O) groups is 3. The van der Waals surface area contributed by atoms with Gasteiger partial charge < -0.3 is 24.8 Å². The van der Waals surface area contributed by atoms with E-state index < -0.39 is 24.0 Å². The summed E-state index contributed by atoms with van der Waals surface area (Å²) in [6.07, 6.45) is -0.726. The Labute approximate surface area is 132 Å². The second-order valence-corrected chi connectivity index (χ2v) is 5.36. The van der Waals surface area contributed by atoms with Gasteiger partial charge in [0.25, 0.3) is 11.8 Å². The number of fused-ring (bicyclic) bond motifs is 1. The summed E-state index contributed by atoms with van der Waals surface area (Å²) in [5, 5.41) is 11.9. The van der Waals surface area contributed by atoms with Crippen LogP contribution in [0.25, 0.3) is 0 Å². The number of carbonyl (C=O) groups excluding carboxylic acids is 2. The minimum Gasteiger partial charge on any atom is -0.480 e. The minimum absolute atomic E-state index is 0.0515. The normalized spacial score (nSPS) is 23.5. The Morgan fingerprint density at radius 3 is 2.91 bits per heavy atom. The Balaban J connectivity index is 1.95. The Morgan fingerprint density at radius 2 is 2.17 bits per heavy atom. The number of benzene rings is 1. The number of carboxylic acids is 1. The third kappa shape index (κ3) is 2.72. The molecule has 1 aromatic rings. The molecule has 0 bridgehead atoms. The molecule has 0 aromatic heterocycles. The number of ether oxygens (including phenoxy) is 2. The first-order chi connectivity index (χ1) is 11.0. The Kier molecular flexibility index (Phi) is 3.91. The molecule has 2 amide bonds. The van der Waals surface area contributed by atoms with Crippen molar-refractivity contribution >= 4 is 23.5 Å². The van der Waals surface area contributed by atoms with Crippen molar-refractivity contribution in [2.75, 3.05) is 25.1 Å². The summed E-state index contributed by atoms with van der Waals surface area (Å²) in [5.41, 5.74) is 0.626. The first kappa shape index (κ1) is 15.3. The van der Waals surface area contributed by atoms with Crippen LogP contribution in [0.4, 0.5) is 5.69 Å². The molecule has 2 aliphatic heterocycles. The average molecular weight is 320 g/mol. The number of rotatable bonds is 2. The summed E-state index contributed by atoms with van der Waals surface area (Å²) >= 11 is 0. The fraction of sp³-hybridized carbons (Fsp3) is 0.400. The van der Waals surface area contributed by atoms with Gasteiger partial charge in [0.05, 0.1) is 24.5 Å². The largest absolute Gasteiger partial charge is 0.480 e. The van der Waals surface area contributed by atoms with Crippen molar-refractivity contribution in [2.24, 2.45) is 0 Å². The van der Waals surface area contributed by atoms with Gasteiger partial charge in [-0.25, -0.2) is 4.79 Å². The van der Waals surface area contributed by atoms with E-state index in [9.17, 15) is 19.5 Å². The number of carboxylic acid groups (broad SMARTS) is 1. The number of hydrogen-bond acceptors (Lipinski definition) is 5. The number of amides is 2. The lowest BCUT2D eigenvalue weighted by atomic mass is 10.1. The number of hydrogen-bond donors (Lipinski definition) is 2. The van der Waals surface area contributed by atoms with Gasteiger partial charge >= 0.3 is 5.97 Å². The van der Waals surface area contributed by atoms with E-state index in [1.165, 1.54) is 4.90 Å². The van der Waals surface area contributed by atoms with Crippen LogP contribution in [0.1, 0.15) is 17.3 Å². The van der Waals surface area contributed by atoms with Gasteiger partial charge in [0, 0.05) is 6.54 Å². The molecule has 1 fully saturated rings. The molecule has 122 valence electrons. The molecule has 2 N–H and O–H groups in total. The molecule has 2 atom stereocenters. The molecule has 1 aromatic carbocycles. The third-order valence-electron chi connectivity index (χ3n) is 3.84. The van der Waals surface area contributed by atoms with Crippen LogP contribution >= 0.6 is 0 Å². The molecule has 0 spiro atoms. The predicted molar refractivity (Wildman–Crippen MR) is 78.4 cm³/mol. The Hall–Kier alpha value is -2.61. The zero-order valence-corrected chi connectivity index (χ0v) is 12.4. The van der Waals surface area contributed by atoms with Crippen molar-refractivity contribution in [3.8, 4) is 5.75 Å². The van der Waals surface area contributed by atoms with Gasteiger partial charge in [0.2, 0.25) is 0 Å². The van der Waals surface area contributed by atoms with Crippen molar-refractivity contribution < 1.29 is 29.0 Å². The summed E-state index contributed by atoms with van der Waals surface area (Å²) in [7, 11) is 0. The van der Waals surface area contributed by atoms with E-state index in [-0.39, 0.29) is 37.0 Å². The number of aliphatic carboxylic acids is 1. The first-order valence-corrected chi connectivity index (χ1v) is 7.21. The number of anilines is 1. The maximum absolute atomic E-state index is 12.8. The molecule has 1 saturated heterocycles. The molecular formula is C15H16N2O6. The quantitative estimate of drug-likeness (QED) is 0.814. The fourth-order valence-electron chi connectivity index (χ4n) is 2.60. The highest BCUT2D eigenvalue weighted by molar-refractivity contribution is 6.04. The van der Waals surface area contributed by atoms with E-state index in [0.29, 0.717) is 5.69 Å². The van der Waals surface area contributed by atoms with E-state index in [1.54, 1.807) is 25.1 Å². The molecule has 23 heavy (non-hydrogen) atoms. The van der Waals surface area contributed by atoms with Gasteiger partial charge in [-0.15, -0.1) is 0 Å². The SMILES string of the molecule is C[C@@H]1Oc2c(cccc2C(=O)N2CCOC[C@H]2C(=O)O)NC1=O. The second kappa shape index (κ2) is 5.88. The van der Waals surface area contributed by atoms with E-state index >= 15 is 0 Å². The predicted octanol–water partition coefficient (Wildman–Crippen LogP) is 0.332. The van der Waals surface area contributed by atoms with Crippen molar-refractivity contribution in [3.63, 3.8) is 0 Å². The van der Waals surface area contributed by atoms with Crippen LogP contribution < -0.4 is 10.1 Å². The lowest BCUT2D eigenvalue weighted by Crippen LogP contribution is -2.52. The number of morpholine rings is 1. The van der Waals surface area contributed by atoms with Gasteiger partial charge in [0.1, 0.15) is 0 Å². The second-order valence-electron chi connectivity index (χ2n) is 5.36. The van der Waals surface area contributed by atoms with Crippen LogP contribution in [0, 0.1) is 0 Å². The van der Waals surface area contributed by atoms with Crippen molar-refractivity contribution in [3.05, 3.63) is 23.8 Å². The Bertz CT molecular complexity index is 674. The highest BCUT2D eigenvalue weighted by atomic mass is 16.5. The summed E-state index contributed by atoms with van der Waals surface area (Å²) < 4.78 is 10.7. The van der Waals surface area contributed by atoms with Crippen LogP contribution in [0.15, 0.2) is 18.2 Å². The van der Waals surface area contributed by atoms with E-state index in [1.807, 2.05) is 0 Å². The number of nitrogens with one attached hydrogen (secondary N) is 1. The molecule has 0 unspecified atom stereocenters. The highest BCUT2D eigenvalue weighted by Crippen LogP contribution is 2.34. The zero-order chi connectivity index (χ0) is 16.6. The monoisotopic (exact) mass is 320 g/mol. The van der Waals surface area contributed by atoms with Gasteiger partial charge in [-0.1, -0.05) is 6.07 Å². The lowest BCUT2D eigenvalue weighted by molar-refractivity contribution is -0.147. The standard InChI is InChI=1S/C15H16N2O6/c1-8-13(18)16-10-4-2-3-9(12(10)23-8)14(19)17-5-6-22-7-11(17)15(20)21/h2-4,8,11H,5-7H2,1H3,(H,16,18)(H,20,21)/t8-,11-/m0/s1. The molecule has 3 rings (SSSR count). The first-order valence-electron chi connectivity index (χ1n) is 7.21. The van der Waals surface area contributed by atoms with Gasteiger partial charge in [-0.2, -0.15) is 0 Å². The molecule has 8 nitrogen and oxygen atoms in total. The van der Waals surface area contributed by atoms with E-state index in [0.717, 1.165) is 0 Å². The molecule has 0 radical (unpaired) electrons. The maximum atomic E-state index is 12.8. The van der Waals surface area contributed by atoms with Crippen LogP contribution in [-0.4, -0.2) is 59.7 Å². The van der Waals surface area contributed by atoms with Crippen LogP contribution in [-0.2, 0) is 14.3 Å². The Morgan fingerprint density at radius 1 is 1.39 bits per heavy atom. The molecule has 2 aliphatic rings. The topological polar surface area (TPSA) is 105 Å². The summed E-state index contributed by atoms with van der Waals surface area (Å²) in [6, 6.07) is 3.76. The summed E-state index contributed by atoms with van der Waals surface area (Å²) in [5.74, 6) is -1.61. The molecule has 0 saturated carbocycles. The van der Waals surface area contributed by atoms with E-state index in [2.05, 4.69) is 5.32 Å². The van der Waals surface area contributed by atoms with E-state index in [4.69, 9.17) is 9.47 Å². The maximum Gasteiger partial charge on any atom is 0.328 e. The average Bonchev–Trinajstić information content (AvgIpc) is 2.54. The third-order valence-corrected chi connectivity index (χ3v) is 3.84. The van der Waals surface area contributed by atoms with Crippen molar-refractivity contribution in [1.29, 1.82) is 0 Å². The molecular weight excluding hydrogens is 304 g/mol. The van der Waals surface area contributed by atoms with Gasteiger partial charge in [-0.3, -0.25) is 9.59 Å². The lowest BCUT2D eigenvalue weighted by Gasteiger charge is -2.34. The van der Waals surface area contributed by atoms with Gasteiger partial charge in [0.15, 0.2) is 17.9 Å². The van der Waals surface area contributed by atoms with Crippen molar-refractivity contribution in [1.82, 2.24) is 4.90 Å². The van der Waals surface area contributed by atoms with Gasteiger partial charge in [-0.05, 0) is 19.1 Å². The highest BCUT2D eigenvalue weighted by Gasteiger charge is 2.36. The zero-order valence-electron chi connectivity index (χ0n) is 12.4. The van der Waals surface area contributed by atoms with Crippen molar-refractivity contribution in [2.45, 2.75) is 19.1 Å². The summed E-state index contributed by atoms with van der Waals surface area (Å²) in [4.78, 5) is 37.0. The molecule has 0 aliphatic carbocycles. The fourth-order valence-corrected chi connectivity index (χ4v) is 2.60.